The Bertz CT molecular complexity index is 861. The van der Waals surface area contributed by atoms with Crippen LogP contribution in [0.5, 0.6) is 0 Å². The maximum atomic E-state index is 10.7. The summed E-state index contributed by atoms with van der Waals surface area (Å²) in [5.74, 6) is -0.291. The summed E-state index contributed by atoms with van der Waals surface area (Å²) in [6.45, 7) is 10.9. The largest absolute Gasteiger partial charge is 0.478 e. The summed E-state index contributed by atoms with van der Waals surface area (Å²) >= 11 is 0. The van der Waals surface area contributed by atoms with Crippen molar-refractivity contribution >= 4 is 5.97 Å². The van der Waals surface area contributed by atoms with Crippen molar-refractivity contribution in [1.29, 1.82) is 0 Å². The third kappa shape index (κ3) is 6.74. The molecule has 0 heterocycles. The maximum absolute atomic E-state index is 10.7. The van der Waals surface area contributed by atoms with Crippen LogP contribution >= 0.6 is 0 Å². The molecule has 0 spiro atoms. The van der Waals surface area contributed by atoms with E-state index in [1.54, 1.807) is 6.92 Å². The maximum Gasteiger partial charge on any atom is 0.328 e. The van der Waals surface area contributed by atoms with E-state index in [0.717, 1.165) is 24.0 Å². The number of carboxylic acid groups (broad SMARTS) is 1. The molecule has 1 aromatic carbocycles. The van der Waals surface area contributed by atoms with Crippen LogP contribution in [0.1, 0.15) is 53.0 Å². The molecule has 0 saturated heterocycles. The van der Waals surface area contributed by atoms with Gasteiger partial charge >= 0.3 is 5.97 Å². The lowest BCUT2D eigenvalue weighted by molar-refractivity contribution is -0.131. The van der Waals surface area contributed by atoms with Gasteiger partial charge in [0.25, 0.3) is 0 Å². The number of aliphatic carboxylic acids is 1. The number of hydrogen-bond acceptors (Lipinski definition) is 1. The second kappa shape index (κ2) is 10.2. The smallest absolute Gasteiger partial charge is 0.328 e. The topological polar surface area (TPSA) is 37.3 Å². The molecule has 1 N–H and O–H groups in total. The van der Waals surface area contributed by atoms with Crippen molar-refractivity contribution in [2.24, 2.45) is 11.3 Å². The van der Waals surface area contributed by atoms with E-state index in [-0.39, 0.29) is 5.41 Å². The number of carbonyl (C=O) groups is 1. The van der Waals surface area contributed by atoms with Gasteiger partial charge in [0.05, 0.1) is 0 Å². The number of rotatable bonds is 7. The fourth-order valence-electron chi connectivity index (χ4n) is 4.13. The van der Waals surface area contributed by atoms with Crippen molar-refractivity contribution in [3.63, 3.8) is 0 Å². The van der Waals surface area contributed by atoms with Crippen molar-refractivity contribution in [2.45, 2.75) is 53.9 Å². The van der Waals surface area contributed by atoms with E-state index in [9.17, 15) is 4.79 Å². The van der Waals surface area contributed by atoms with Gasteiger partial charge in [-0.2, -0.15) is 0 Å². The Hall–Kier alpha value is -2.61. The molecule has 0 bridgehead atoms. The van der Waals surface area contributed by atoms with Crippen LogP contribution in [0.25, 0.3) is 0 Å². The molecule has 0 saturated carbocycles. The predicted octanol–water partition coefficient (Wildman–Crippen LogP) is 7.07. The van der Waals surface area contributed by atoms with Gasteiger partial charge in [-0.1, -0.05) is 85.7 Å². The monoisotopic (exact) mass is 390 g/mol. The van der Waals surface area contributed by atoms with Gasteiger partial charge in [0, 0.05) is 6.08 Å². The first-order chi connectivity index (χ1) is 13.7. The van der Waals surface area contributed by atoms with Gasteiger partial charge in [0.1, 0.15) is 0 Å². The number of allylic oxidation sites excluding steroid dienone is 9. The first kappa shape index (κ1) is 22.7. The molecular formula is C27H34O2. The molecule has 0 radical (unpaired) electrons. The molecule has 1 aliphatic carbocycles. The fourth-order valence-corrected chi connectivity index (χ4v) is 4.13. The highest BCUT2D eigenvalue weighted by Gasteiger charge is 2.36. The van der Waals surface area contributed by atoms with Gasteiger partial charge in [0.2, 0.25) is 0 Å². The van der Waals surface area contributed by atoms with E-state index < -0.39 is 5.97 Å². The highest BCUT2D eigenvalue weighted by atomic mass is 16.4. The summed E-state index contributed by atoms with van der Waals surface area (Å²) in [4.78, 5) is 10.7. The van der Waals surface area contributed by atoms with Crippen LogP contribution in [0.4, 0.5) is 0 Å². The van der Waals surface area contributed by atoms with Gasteiger partial charge in [-0.25, -0.2) is 4.79 Å². The molecule has 0 aliphatic heterocycles. The summed E-state index contributed by atoms with van der Waals surface area (Å²) in [5.41, 5.74) is 6.35. The minimum absolute atomic E-state index is 0.131. The lowest BCUT2D eigenvalue weighted by Crippen LogP contribution is -2.31. The van der Waals surface area contributed by atoms with E-state index >= 15 is 0 Å². The molecule has 29 heavy (non-hydrogen) atoms. The summed E-state index contributed by atoms with van der Waals surface area (Å²) < 4.78 is 0. The van der Waals surface area contributed by atoms with E-state index in [1.807, 2.05) is 18.2 Å². The van der Waals surface area contributed by atoms with Crippen LogP contribution in [0, 0.1) is 11.3 Å². The highest BCUT2D eigenvalue weighted by Crippen LogP contribution is 2.46. The lowest BCUT2D eigenvalue weighted by atomic mass is 9.63. The highest BCUT2D eigenvalue weighted by molar-refractivity contribution is 5.81. The molecule has 2 nitrogen and oxygen atoms in total. The minimum Gasteiger partial charge on any atom is -0.478 e. The van der Waals surface area contributed by atoms with Crippen LogP contribution < -0.4 is 0 Å². The van der Waals surface area contributed by atoms with Crippen LogP contribution in [0.2, 0.25) is 0 Å². The van der Waals surface area contributed by atoms with Crippen molar-refractivity contribution in [3.05, 3.63) is 94.6 Å². The molecule has 2 heteroatoms. The van der Waals surface area contributed by atoms with Gasteiger partial charge in [-0.05, 0) is 68.1 Å². The van der Waals surface area contributed by atoms with Crippen LogP contribution in [-0.2, 0) is 11.2 Å². The fraction of sp³-hybridized carbons (Fsp3) is 0.370. The van der Waals surface area contributed by atoms with Gasteiger partial charge in [0.15, 0.2) is 0 Å². The zero-order chi connectivity index (χ0) is 21.4. The molecule has 0 amide bonds. The Balaban J connectivity index is 2.14. The molecule has 1 atom stereocenters. The molecule has 1 aliphatic rings. The Morgan fingerprint density at radius 3 is 2.48 bits per heavy atom. The molecule has 2 rings (SSSR count). The van der Waals surface area contributed by atoms with Crippen molar-refractivity contribution < 1.29 is 9.90 Å². The Morgan fingerprint density at radius 1 is 1.14 bits per heavy atom. The number of carboxylic acids is 1. The van der Waals surface area contributed by atoms with Gasteiger partial charge < -0.3 is 5.11 Å². The van der Waals surface area contributed by atoms with Gasteiger partial charge in [-0.3, -0.25) is 0 Å². The quantitative estimate of drug-likeness (QED) is 0.399. The Labute approximate surface area is 176 Å². The number of hydrogen-bond donors (Lipinski definition) is 1. The van der Waals surface area contributed by atoms with Crippen LogP contribution in [0.3, 0.4) is 0 Å². The number of benzene rings is 1. The normalized spacial score (nSPS) is 20.7. The first-order valence-electron chi connectivity index (χ1n) is 10.4. The van der Waals surface area contributed by atoms with E-state index in [4.69, 9.17) is 5.11 Å². The second-order valence-corrected chi connectivity index (χ2v) is 8.67. The van der Waals surface area contributed by atoms with Crippen LogP contribution in [0.15, 0.2) is 89.1 Å². The first-order valence-corrected chi connectivity index (χ1v) is 10.4. The molecule has 1 aromatic rings. The molecule has 0 aromatic heterocycles. The Morgan fingerprint density at radius 2 is 1.83 bits per heavy atom. The third-order valence-electron chi connectivity index (χ3n) is 5.95. The van der Waals surface area contributed by atoms with Crippen LogP contribution in [-0.4, -0.2) is 11.1 Å². The SMILES string of the molecule is CC1=C(/C=C/C(C)=C\C=C\C(C)=C\C(=O)O)C(C)(C)C(Cc2ccccc2)CC1. The van der Waals surface area contributed by atoms with E-state index in [2.05, 4.69) is 70.2 Å². The third-order valence-corrected chi connectivity index (χ3v) is 5.95. The zero-order valence-electron chi connectivity index (χ0n) is 18.4. The van der Waals surface area contributed by atoms with Crippen molar-refractivity contribution in [2.75, 3.05) is 0 Å². The molecule has 1 unspecified atom stereocenters. The Kier molecular flexibility index (Phi) is 8.01. The summed E-state index contributed by atoms with van der Waals surface area (Å²) in [6.07, 6.45) is 14.9. The second-order valence-electron chi connectivity index (χ2n) is 8.67. The summed E-state index contributed by atoms with van der Waals surface area (Å²) in [5, 5.41) is 8.77. The predicted molar refractivity (Wildman–Crippen MR) is 123 cm³/mol. The summed E-state index contributed by atoms with van der Waals surface area (Å²) in [6, 6.07) is 10.8. The van der Waals surface area contributed by atoms with Gasteiger partial charge in [-0.15, -0.1) is 0 Å². The van der Waals surface area contributed by atoms with E-state index in [0.29, 0.717) is 5.92 Å². The zero-order valence-corrected chi connectivity index (χ0v) is 18.4. The van der Waals surface area contributed by atoms with E-state index in [1.165, 1.54) is 29.2 Å². The minimum atomic E-state index is -0.917. The molecule has 0 fully saturated rings. The standard InChI is InChI=1S/C27H34O2/c1-20(10-9-11-21(2)18-26(28)29)14-17-25-22(3)15-16-24(27(25,4)5)19-23-12-7-6-8-13-23/h6-14,17-18,24H,15-16,19H2,1-5H3,(H,28,29)/b11-9+,17-14+,20-10-,21-18+. The lowest BCUT2D eigenvalue weighted by Gasteiger charge is -2.41. The average molecular weight is 391 g/mol. The average Bonchev–Trinajstić information content (AvgIpc) is 2.64. The molecule has 154 valence electrons. The van der Waals surface area contributed by atoms with Crippen molar-refractivity contribution in [3.8, 4) is 0 Å². The summed E-state index contributed by atoms with van der Waals surface area (Å²) in [7, 11) is 0. The van der Waals surface area contributed by atoms with Crippen molar-refractivity contribution in [1.82, 2.24) is 0 Å². The molecular weight excluding hydrogens is 356 g/mol.